The second-order valence-electron chi connectivity index (χ2n) is 6.22. The predicted octanol–water partition coefficient (Wildman–Crippen LogP) is 0.205. The van der Waals surface area contributed by atoms with Crippen LogP contribution in [0.5, 0.6) is 0 Å². The molecule has 1 amide bonds. The highest BCUT2D eigenvalue weighted by Crippen LogP contribution is 2.06. The summed E-state index contributed by atoms with van der Waals surface area (Å²) in [5.41, 5.74) is 5.17. The SMILES string of the molecule is CN(CCS(C)(=O)=O)C(CN)CCNC(=O)OC(C)(C)C. The number of alkyl carbamates (subject to hydrolysis) is 1. The number of hydrogen-bond donors (Lipinski definition) is 2. The summed E-state index contributed by atoms with van der Waals surface area (Å²) in [7, 11) is -1.16. The van der Waals surface area contributed by atoms with Gasteiger partial charge in [0.2, 0.25) is 0 Å². The first-order valence-electron chi connectivity index (χ1n) is 6.99. The van der Waals surface area contributed by atoms with E-state index < -0.39 is 21.5 Å². The smallest absolute Gasteiger partial charge is 0.407 e. The molecular formula is C13H29N3O4S. The van der Waals surface area contributed by atoms with Gasteiger partial charge in [-0.05, 0) is 34.2 Å². The van der Waals surface area contributed by atoms with Gasteiger partial charge in [0.25, 0.3) is 0 Å². The minimum atomic E-state index is -2.99. The van der Waals surface area contributed by atoms with Crippen LogP contribution in [0.4, 0.5) is 4.79 Å². The van der Waals surface area contributed by atoms with Crippen molar-refractivity contribution in [3.63, 3.8) is 0 Å². The fourth-order valence-corrected chi connectivity index (χ4v) is 2.29. The third kappa shape index (κ3) is 11.5. The van der Waals surface area contributed by atoms with E-state index >= 15 is 0 Å². The molecule has 0 heterocycles. The van der Waals surface area contributed by atoms with E-state index in [1.165, 1.54) is 6.26 Å². The Labute approximate surface area is 128 Å². The molecule has 1 atom stereocenters. The molecule has 0 spiro atoms. The number of ether oxygens (including phenoxy) is 1. The lowest BCUT2D eigenvalue weighted by Crippen LogP contribution is -2.43. The lowest BCUT2D eigenvalue weighted by atomic mass is 10.2. The number of likely N-dealkylation sites (N-methyl/N-ethyl adjacent to an activating group) is 1. The summed E-state index contributed by atoms with van der Waals surface area (Å²) < 4.78 is 27.4. The Kier molecular flexibility index (Phi) is 8.20. The van der Waals surface area contributed by atoms with Crippen molar-refractivity contribution in [3.8, 4) is 0 Å². The number of carbonyl (C=O) groups is 1. The maximum Gasteiger partial charge on any atom is 0.407 e. The van der Waals surface area contributed by atoms with Crippen molar-refractivity contribution in [2.45, 2.75) is 38.8 Å². The van der Waals surface area contributed by atoms with Crippen molar-refractivity contribution in [3.05, 3.63) is 0 Å². The van der Waals surface area contributed by atoms with Crippen molar-refractivity contribution >= 4 is 15.9 Å². The number of nitrogens with one attached hydrogen (secondary N) is 1. The molecule has 0 rings (SSSR count). The van der Waals surface area contributed by atoms with E-state index in [1.54, 1.807) is 20.8 Å². The van der Waals surface area contributed by atoms with E-state index in [9.17, 15) is 13.2 Å². The van der Waals surface area contributed by atoms with Gasteiger partial charge in [-0.15, -0.1) is 0 Å². The van der Waals surface area contributed by atoms with E-state index in [1.807, 2.05) is 11.9 Å². The Morgan fingerprint density at radius 1 is 1.38 bits per heavy atom. The molecule has 0 bridgehead atoms. The first kappa shape index (κ1) is 20.1. The Balaban J connectivity index is 4.12. The predicted molar refractivity (Wildman–Crippen MR) is 84.0 cm³/mol. The van der Waals surface area contributed by atoms with Crippen molar-refractivity contribution < 1.29 is 17.9 Å². The zero-order valence-corrected chi connectivity index (χ0v) is 14.5. The second kappa shape index (κ2) is 8.55. The summed E-state index contributed by atoms with van der Waals surface area (Å²) >= 11 is 0. The number of rotatable bonds is 8. The van der Waals surface area contributed by atoms with E-state index in [-0.39, 0.29) is 11.8 Å². The topological polar surface area (TPSA) is 102 Å². The van der Waals surface area contributed by atoms with Crippen LogP contribution in [0.15, 0.2) is 0 Å². The average Bonchev–Trinajstić information content (AvgIpc) is 2.28. The van der Waals surface area contributed by atoms with Gasteiger partial charge >= 0.3 is 6.09 Å². The minimum Gasteiger partial charge on any atom is -0.444 e. The summed E-state index contributed by atoms with van der Waals surface area (Å²) in [5.74, 6) is 0.0967. The zero-order valence-electron chi connectivity index (χ0n) is 13.7. The molecule has 3 N–H and O–H groups in total. The van der Waals surface area contributed by atoms with Gasteiger partial charge in [-0.25, -0.2) is 13.2 Å². The van der Waals surface area contributed by atoms with Gasteiger partial charge in [0.1, 0.15) is 15.4 Å². The van der Waals surface area contributed by atoms with Gasteiger partial charge in [0, 0.05) is 31.9 Å². The maximum atomic E-state index is 11.5. The first-order valence-corrected chi connectivity index (χ1v) is 9.05. The van der Waals surface area contributed by atoms with Gasteiger partial charge in [0.15, 0.2) is 0 Å². The van der Waals surface area contributed by atoms with Crippen LogP contribution in [0.25, 0.3) is 0 Å². The molecule has 0 aromatic rings. The van der Waals surface area contributed by atoms with Gasteiger partial charge in [0.05, 0.1) is 5.75 Å². The molecule has 0 aliphatic carbocycles. The maximum absolute atomic E-state index is 11.5. The standard InChI is InChI=1S/C13H29N3O4S/c1-13(2,3)20-12(17)15-7-6-11(10-14)16(4)8-9-21(5,18)19/h11H,6-10,14H2,1-5H3,(H,15,17). The van der Waals surface area contributed by atoms with Crippen molar-refractivity contribution in [2.75, 3.05) is 38.7 Å². The largest absolute Gasteiger partial charge is 0.444 e. The molecule has 0 aliphatic rings. The van der Waals surface area contributed by atoms with E-state index in [4.69, 9.17) is 10.5 Å². The highest BCUT2D eigenvalue weighted by Gasteiger charge is 2.18. The van der Waals surface area contributed by atoms with Gasteiger partial charge in [-0.3, -0.25) is 0 Å². The van der Waals surface area contributed by atoms with Gasteiger partial charge in [-0.2, -0.15) is 0 Å². The molecule has 0 aliphatic heterocycles. The first-order chi connectivity index (χ1) is 9.44. The van der Waals surface area contributed by atoms with Crippen LogP contribution in [0.3, 0.4) is 0 Å². The molecular weight excluding hydrogens is 294 g/mol. The Hall–Kier alpha value is -0.860. The lowest BCUT2D eigenvalue weighted by molar-refractivity contribution is 0.0523. The number of sulfone groups is 1. The molecule has 0 fully saturated rings. The molecule has 0 aromatic heterocycles. The number of carbonyl (C=O) groups excluding carboxylic acids is 1. The van der Waals surface area contributed by atoms with Crippen molar-refractivity contribution in [2.24, 2.45) is 5.73 Å². The molecule has 0 saturated carbocycles. The summed E-state index contributed by atoms with van der Waals surface area (Å²) in [4.78, 5) is 13.4. The molecule has 21 heavy (non-hydrogen) atoms. The van der Waals surface area contributed by atoms with Crippen molar-refractivity contribution in [1.82, 2.24) is 10.2 Å². The molecule has 7 nitrogen and oxygen atoms in total. The molecule has 8 heteroatoms. The van der Waals surface area contributed by atoms with Gasteiger partial charge < -0.3 is 20.7 Å². The summed E-state index contributed by atoms with van der Waals surface area (Å²) in [6.07, 6.45) is 1.38. The molecule has 0 radical (unpaired) electrons. The third-order valence-electron chi connectivity index (χ3n) is 2.86. The Morgan fingerprint density at radius 2 is 1.95 bits per heavy atom. The average molecular weight is 323 g/mol. The quantitative estimate of drug-likeness (QED) is 0.662. The monoisotopic (exact) mass is 323 g/mol. The van der Waals surface area contributed by atoms with Crippen LogP contribution in [0.2, 0.25) is 0 Å². The van der Waals surface area contributed by atoms with Crippen LogP contribution in [-0.4, -0.2) is 69.7 Å². The van der Waals surface area contributed by atoms with Crippen LogP contribution in [-0.2, 0) is 14.6 Å². The highest BCUT2D eigenvalue weighted by molar-refractivity contribution is 7.90. The Bertz CT molecular complexity index is 418. The van der Waals surface area contributed by atoms with E-state index in [0.717, 1.165) is 0 Å². The normalized spacial score (nSPS) is 14.0. The fraction of sp³-hybridized carbons (Fsp3) is 0.923. The molecule has 0 aromatic carbocycles. The third-order valence-corrected chi connectivity index (χ3v) is 3.78. The number of nitrogens with zero attached hydrogens (tertiary/aromatic N) is 1. The second-order valence-corrected chi connectivity index (χ2v) is 8.48. The molecule has 1 unspecified atom stereocenters. The van der Waals surface area contributed by atoms with Crippen molar-refractivity contribution in [1.29, 1.82) is 0 Å². The summed E-state index contributed by atoms with van der Waals surface area (Å²) in [5, 5.41) is 2.67. The lowest BCUT2D eigenvalue weighted by Gasteiger charge is -2.27. The number of amides is 1. The van der Waals surface area contributed by atoms with Gasteiger partial charge in [-0.1, -0.05) is 0 Å². The van der Waals surface area contributed by atoms with Crippen LogP contribution in [0, 0.1) is 0 Å². The van der Waals surface area contributed by atoms with Crippen LogP contribution >= 0.6 is 0 Å². The Morgan fingerprint density at radius 3 is 2.38 bits per heavy atom. The van der Waals surface area contributed by atoms with Crippen LogP contribution in [0.1, 0.15) is 27.2 Å². The van der Waals surface area contributed by atoms with E-state index in [2.05, 4.69) is 5.32 Å². The zero-order chi connectivity index (χ0) is 16.7. The highest BCUT2D eigenvalue weighted by atomic mass is 32.2. The van der Waals surface area contributed by atoms with Crippen LogP contribution < -0.4 is 11.1 Å². The summed E-state index contributed by atoms with van der Waals surface area (Å²) in [6.45, 7) is 6.65. The van der Waals surface area contributed by atoms with E-state index in [0.29, 0.717) is 26.1 Å². The number of nitrogens with two attached hydrogens (primary N) is 1. The summed E-state index contributed by atoms with van der Waals surface area (Å²) in [6, 6.07) is 0.0155. The fourth-order valence-electron chi connectivity index (χ4n) is 1.67. The minimum absolute atomic E-state index is 0.0155. The molecule has 0 saturated heterocycles. The number of hydrogen-bond acceptors (Lipinski definition) is 6. The molecule has 126 valence electrons.